The fourth-order valence-corrected chi connectivity index (χ4v) is 2.39. The first-order valence-electron chi connectivity index (χ1n) is 6.51. The van der Waals surface area contributed by atoms with E-state index in [0.717, 1.165) is 25.7 Å². The van der Waals surface area contributed by atoms with E-state index in [1.54, 1.807) is 0 Å². The van der Waals surface area contributed by atoms with Crippen molar-refractivity contribution in [2.75, 3.05) is 0 Å². The van der Waals surface area contributed by atoms with Crippen molar-refractivity contribution in [3.05, 3.63) is 11.7 Å². The molecule has 0 atom stereocenters. The molecular weight excluding hydrogens is 254 g/mol. The molecular formula is C13H18F2N2O2. The van der Waals surface area contributed by atoms with Crippen LogP contribution in [0.2, 0.25) is 0 Å². The van der Waals surface area contributed by atoms with Gasteiger partial charge in [-0.25, -0.2) is 8.78 Å². The predicted molar refractivity (Wildman–Crippen MR) is 64.0 cm³/mol. The number of nitrogens with zero attached hydrogens (tertiary/aromatic N) is 2. The molecule has 1 aromatic rings. The number of alkyl halides is 2. The van der Waals surface area contributed by atoms with E-state index in [1.165, 1.54) is 0 Å². The Balaban J connectivity index is 1.96. The normalized spacial score (nSPS) is 19.8. The number of halogens is 2. The number of hydrogen-bond donors (Lipinski definition) is 0. The highest BCUT2D eigenvalue weighted by Crippen LogP contribution is 2.41. The highest BCUT2D eigenvalue weighted by molar-refractivity contribution is 5.82. The maximum atomic E-state index is 12.1. The predicted octanol–water partition coefficient (Wildman–Crippen LogP) is 3.13. The summed E-state index contributed by atoms with van der Waals surface area (Å²) < 4.78 is 29.1. The molecule has 0 aromatic carbocycles. The molecule has 1 fully saturated rings. The Morgan fingerprint density at radius 2 is 2.05 bits per heavy atom. The fourth-order valence-electron chi connectivity index (χ4n) is 2.39. The molecule has 1 aromatic heterocycles. The van der Waals surface area contributed by atoms with Crippen LogP contribution in [0.4, 0.5) is 8.78 Å². The van der Waals surface area contributed by atoms with Gasteiger partial charge < -0.3 is 4.52 Å². The van der Waals surface area contributed by atoms with Crippen LogP contribution in [-0.4, -0.2) is 22.3 Å². The summed E-state index contributed by atoms with van der Waals surface area (Å²) in [5.41, 5.74) is 0.342. The van der Waals surface area contributed by atoms with Crippen LogP contribution in [0.25, 0.3) is 0 Å². The average molecular weight is 272 g/mol. The van der Waals surface area contributed by atoms with E-state index in [1.807, 2.05) is 0 Å². The minimum atomic E-state index is -2.98. The van der Waals surface area contributed by atoms with Gasteiger partial charge in [0.05, 0.1) is 6.42 Å². The van der Waals surface area contributed by atoms with E-state index in [9.17, 15) is 13.6 Å². The van der Waals surface area contributed by atoms with Gasteiger partial charge >= 0.3 is 0 Å². The summed E-state index contributed by atoms with van der Waals surface area (Å²) in [4.78, 5) is 15.0. The quantitative estimate of drug-likeness (QED) is 0.845. The number of rotatable bonds is 4. The van der Waals surface area contributed by atoms with Gasteiger partial charge in [-0.05, 0) is 31.1 Å². The van der Waals surface area contributed by atoms with Gasteiger partial charge in [-0.3, -0.25) is 4.79 Å². The van der Waals surface area contributed by atoms with E-state index in [4.69, 9.17) is 4.52 Å². The van der Waals surface area contributed by atoms with E-state index in [-0.39, 0.29) is 11.8 Å². The molecule has 0 unspecified atom stereocenters. The van der Waals surface area contributed by atoms with Crippen LogP contribution >= 0.6 is 0 Å². The molecule has 0 spiro atoms. The van der Waals surface area contributed by atoms with E-state index < -0.39 is 18.6 Å². The molecule has 1 aliphatic carbocycles. The summed E-state index contributed by atoms with van der Waals surface area (Å²) in [7, 11) is 0. The molecule has 2 rings (SSSR count). The van der Waals surface area contributed by atoms with Gasteiger partial charge in [0, 0.05) is 5.92 Å². The first kappa shape index (κ1) is 14.1. The standard InChI is InChI=1S/C13H18F2N2O2/c1-13(2)5-3-8(4-6-13)12-16-10(19-17-12)7-9(18)11(14)15/h8,11H,3-7H2,1-2H3. The summed E-state index contributed by atoms with van der Waals surface area (Å²) in [6, 6.07) is 0. The Bertz CT molecular complexity index is 447. The van der Waals surface area contributed by atoms with Crippen molar-refractivity contribution in [2.24, 2.45) is 5.41 Å². The molecule has 1 aliphatic rings. The molecule has 0 aliphatic heterocycles. The lowest BCUT2D eigenvalue weighted by Crippen LogP contribution is -2.20. The zero-order valence-corrected chi connectivity index (χ0v) is 11.2. The number of ketones is 1. The second kappa shape index (κ2) is 5.35. The number of carbonyl (C=O) groups is 1. The summed E-state index contributed by atoms with van der Waals surface area (Å²) in [6.07, 6.45) is 0.632. The molecule has 19 heavy (non-hydrogen) atoms. The SMILES string of the molecule is CC1(C)CCC(c2noc(CC(=O)C(F)F)n2)CC1. The topological polar surface area (TPSA) is 56.0 Å². The number of carbonyl (C=O) groups excluding carboxylic acids is 1. The van der Waals surface area contributed by atoms with E-state index >= 15 is 0 Å². The first-order chi connectivity index (χ1) is 8.87. The minimum absolute atomic E-state index is 0.00914. The lowest BCUT2D eigenvalue weighted by molar-refractivity contribution is -0.129. The lowest BCUT2D eigenvalue weighted by Gasteiger charge is -2.32. The molecule has 0 N–H and O–H groups in total. The molecule has 0 bridgehead atoms. The second-order valence-electron chi connectivity index (χ2n) is 5.93. The highest BCUT2D eigenvalue weighted by atomic mass is 19.3. The van der Waals surface area contributed by atoms with Crippen LogP contribution in [0.3, 0.4) is 0 Å². The Morgan fingerprint density at radius 3 is 2.63 bits per heavy atom. The van der Waals surface area contributed by atoms with Crippen molar-refractivity contribution < 1.29 is 18.1 Å². The maximum Gasteiger partial charge on any atom is 0.296 e. The summed E-state index contributed by atoms with van der Waals surface area (Å²) >= 11 is 0. The van der Waals surface area contributed by atoms with Crippen LogP contribution < -0.4 is 0 Å². The molecule has 0 saturated heterocycles. The second-order valence-corrected chi connectivity index (χ2v) is 5.93. The Hall–Kier alpha value is -1.33. The monoisotopic (exact) mass is 272 g/mol. The number of aromatic nitrogens is 2. The van der Waals surface area contributed by atoms with Gasteiger partial charge in [0.2, 0.25) is 11.7 Å². The Morgan fingerprint density at radius 1 is 1.42 bits per heavy atom. The van der Waals surface area contributed by atoms with Crippen LogP contribution in [0.15, 0.2) is 4.52 Å². The van der Waals surface area contributed by atoms with Crippen LogP contribution in [0, 0.1) is 5.41 Å². The van der Waals surface area contributed by atoms with Crippen LogP contribution in [0.1, 0.15) is 57.2 Å². The highest BCUT2D eigenvalue weighted by Gasteiger charge is 2.30. The van der Waals surface area contributed by atoms with E-state index in [0.29, 0.717) is 11.2 Å². The molecule has 1 heterocycles. The lowest BCUT2D eigenvalue weighted by atomic mass is 9.73. The van der Waals surface area contributed by atoms with Gasteiger partial charge in [-0.1, -0.05) is 19.0 Å². The first-order valence-corrected chi connectivity index (χ1v) is 6.51. The van der Waals surface area contributed by atoms with Gasteiger partial charge in [0.25, 0.3) is 6.43 Å². The van der Waals surface area contributed by atoms with Crippen molar-refractivity contribution in [3.8, 4) is 0 Å². The number of Topliss-reactive ketones (excluding diaryl/α,β-unsaturated/α-hetero) is 1. The summed E-state index contributed by atoms with van der Waals surface area (Å²) in [5.74, 6) is -0.426. The molecule has 1 saturated carbocycles. The van der Waals surface area contributed by atoms with Crippen molar-refractivity contribution in [2.45, 2.75) is 58.3 Å². The van der Waals surface area contributed by atoms with Crippen LogP contribution in [-0.2, 0) is 11.2 Å². The largest absolute Gasteiger partial charge is 0.339 e. The van der Waals surface area contributed by atoms with Gasteiger partial charge in [-0.2, -0.15) is 4.98 Å². The van der Waals surface area contributed by atoms with Gasteiger partial charge in [0.15, 0.2) is 5.82 Å². The third-order valence-electron chi connectivity index (χ3n) is 3.76. The minimum Gasteiger partial charge on any atom is -0.339 e. The fraction of sp³-hybridized carbons (Fsp3) is 0.769. The van der Waals surface area contributed by atoms with Crippen LogP contribution in [0.5, 0.6) is 0 Å². The zero-order valence-electron chi connectivity index (χ0n) is 11.2. The smallest absolute Gasteiger partial charge is 0.296 e. The molecule has 6 heteroatoms. The third kappa shape index (κ3) is 3.58. The van der Waals surface area contributed by atoms with Crippen molar-refractivity contribution in [1.82, 2.24) is 10.1 Å². The van der Waals surface area contributed by atoms with Gasteiger partial charge in [-0.15, -0.1) is 0 Å². The zero-order chi connectivity index (χ0) is 14.0. The molecule has 0 radical (unpaired) electrons. The third-order valence-corrected chi connectivity index (χ3v) is 3.76. The van der Waals surface area contributed by atoms with Crippen molar-refractivity contribution >= 4 is 5.78 Å². The Kier molecular flexibility index (Phi) is 3.96. The number of hydrogen-bond acceptors (Lipinski definition) is 4. The molecule has 106 valence electrons. The average Bonchev–Trinajstić information content (AvgIpc) is 2.77. The maximum absolute atomic E-state index is 12.1. The van der Waals surface area contributed by atoms with Gasteiger partial charge in [0.1, 0.15) is 0 Å². The van der Waals surface area contributed by atoms with Crippen molar-refractivity contribution in [3.63, 3.8) is 0 Å². The van der Waals surface area contributed by atoms with Crippen molar-refractivity contribution in [1.29, 1.82) is 0 Å². The summed E-state index contributed by atoms with van der Waals surface area (Å²) in [6.45, 7) is 4.46. The van der Waals surface area contributed by atoms with E-state index in [2.05, 4.69) is 24.0 Å². The Labute approximate surface area is 110 Å². The summed E-state index contributed by atoms with van der Waals surface area (Å²) in [5, 5.41) is 3.82. The molecule has 0 amide bonds. The molecule has 4 nitrogen and oxygen atoms in total.